The lowest BCUT2D eigenvalue weighted by Crippen LogP contribution is -2.50. The summed E-state index contributed by atoms with van der Waals surface area (Å²) in [6.45, 7) is 4.07. The zero-order valence-electron chi connectivity index (χ0n) is 23.6. The van der Waals surface area contributed by atoms with Gasteiger partial charge in [-0.05, 0) is 51.4 Å². The van der Waals surface area contributed by atoms with Crippen LogP contribution in [0.25, 0.3) is 0 Å². The molecule has 0 saturated carbocycles. The molecule has 0 fully saturated rings. The molecular weight excluding hydrogens is 450 g/mol. The summed E-state index contributed by atoms with van der Waals surface area (Å²) in [5.41, 5.74) is 0. The minimum Gasteiger partial charge on any atom is -0.394 e. The molecule has 3 unspecified atom stereocenters. The second-order valence-electron chi connectivity index (χ2n) is 10.3. The van der Waals surface area contributed by atoms with Gasteiger partial charge in [0.2, 0.25) is 5.91 Å². The van der Waals surface area contributed by atoms with Gasteiger partial charge in [0.15, 0.2) is 0 Å². The molecule has 0 aliphatic heterocycles. The van der Waals surface area contributed by atoms with Crippen LogP contribution >= 0.6 is 0 Å². The summed E-state index contributed by atoms with van der Waals surface area (Å²) >= 11 is 0. The van der Waals surface area contributed by atoms with E-state index in [4.69, 9.17) is 0 Å². The molecule has 5 heteroatoms. The maximum atomic E-state index is 12.2. The Morgan fingerprint density at radius 2 is 1.14 bits per heavy atom. The van der Waals surface area contributed by atoms with E-state index in [1.54, 1.807) is 0 Å². The highest BCUT2D eigenvalue weighted by molar-refractivity contribution is 5.76. The van der Waals surface area contributed by atoms with E-state index in [-0.39, 0.29) is 12.5 Å². The highest BCUT2D eigenvalue weighted by atomic mass is 16.3. The molecule has 0 aliphatic carbocycles. The molecule has 3 atom stereocenters. The van der Waals surface area contributed by atoms with Crippen molar-refractivity contribution >= 4 is 5.91 Å². The average molecular weight is 510 g/mol. The van der Waals surface area contributed by atoms with Gasteiger partial charge in [0.1, 0.15) is 6.10 Å². The molecule has 212 valence electrons. The van der Waals surface area contributed by atoms with Crippen LogP contribution in [-0.4, -0.2) is 46.1 Å². The van der Waals surface area contributed by atoms with Gasteiger partial charge in [-0.3, -0.25) is 4.79 Å². The topological polar surface area (TPSA) is 89.8 Å². The summed E-state index contributed by atoms with van der Waals surface area (Å²) < 4.78 is 0. The van der Waals surface area contributed by atoms with Crippen LogP contribution in [0.4, 0.5) is 0 Å². The zero-order valence-corrected chi connectivity index (χ0v) is 23.6. The van der Waals surface area contributed by atoms with Crippen LogP contribution < -0.4 is 5.32 Å². The summed E-state index contributed by atoms with van der Waals surface area (Å²) in [5.74, 6) is -0.165. The molecule has 36 heavy (non-hydrogen) atoms. The number of unbranched alkanes of at least 4 members (excludes halogenated alkanes) is 14. The van der Waals surface area contributed by atoms with Gasteiger partial charge in [-0.2, -0.15) is 0 Å². The monoisotopic (exact) mass is 509 g/mol. The largest absolute Gasteiger partial charge is 0.394 e. The lowest BCUT2D eigenvalue weighted by Gasteiger charge is -2.26. The van der Waals surface area contributed by atoms with Crippen molar-refractivity contribution in [2.45, 2.75) is 161 Å². The minimum absolute atomic E-state index is 0.165. The number of allylic oxidation sites excluding steroid dienone is 4. The summed E-state index contributed by atoms with van der Waals surface area (Å²) in [6, 6.07) is -0.824. The van der Waals surface area contributed by atoms with Gasteiger partial charge in [0, 0.05) is 6.42 Å². The van der Waals surface area contributed by atoms with Crippen molar-refractivity contribution < 1.29 is 20.1 Å². The second-order valence-corrected chi connectivity index (χ2v) is 10.3. The molecule has 0 radical (unpaired) electrons. The third-order valence-corrected chi connectivity index (χ3v) is 6.79. The van der Waals surface area contributed by atoms with Crippen LogP contribution in [0.1, 0.15) is 142 Å². The van der Waals surface area contributed by atoms with Crippen LogP contribution in [0.15, 0.2) is 24.3 Å². The van der Waals surface area contributed by atoms with Gasteiger partial charge < -0.3 is 20.6 Å². The van der Waals surface area contributed by atoms with E-state index < -0.39 is 18.2 Å². The number of amides is 1. The second kappa shape index (κ2) is 26.9. The van der Waals surface area contributed by atoms with Crippen molar-refractivity contribution in [3.63, 3.8) is 0 Å². The number of hydrogen-bond acceptors (Lipinski definition) is 4. The average Bonchev–Trinajstić information content (AvgIpc) is 2.88. The van der Waals surface area contributed by atoms with Crippen LogP contribution in [0.5, 0.6) is 0 Å². The zero-order chi connectivity index (χ0) is 26.7. The van der Waals surface area contributed by atoms with E-state index in [1.807, 2.05) is 0 Å². The summed E-state index contributed by atoms with van der Waals surface area (Å²) in [6.07, 6.45) is 28.3. The Bertz CT molecular complexity index is 535. The SMILES string of the molecule is CCCCC/C=C/CC/C=C/CCCC(O)C(O)C(CO)NC(=O)CCCCCCCCCCCC. The Hall–Kier alpha value is -1.17. The van der Waals surface area contributed by atoms with Crippen molar-refractivity contribution in [2.75, 3.05) is 6.61 Å². The van der Waals surface area contributed by atoms with Crippen molar-refractivity contribution in [2.24, 2.45) is 0 Å². The Kier molecular flexibility index (Phi) is 26.0. The predicted octanol–water partition coefficient (Wildman–Crippen LogP) is 7.14. The van der Waals surface area contributed by atoms with E-state index in [0.29, 0.717) is 12.8 Å². The van der Waals surface area contributed by atoms with E-state index in [2.05, 4.69) is 43.5 Å². The van der Waals surface area contributed by atoms with Gasteiger partial charge in [-0.25, -0.2) is 0 Å². The van der Waals surface area contributed by atoms with E-state index in [9.17, 15) is 20.1 Å². The first kappa shape index (κ1) is 34.8. The van der Waals surface area contributed by atoms with E-state index in [0.717, 1.165) is 44.9 Å². The molecule has 1 amide bonds. The molecule has 5 nitrogen and oxygen atoms in total. The third-order valence-electron chi connectivity index (χ3n) is 6.79. The van der Waals surface area contributed by atoms with Crippen LogP contribution in [0.3, 0.4) is 0 Å². The number of nitrogens with one attached hydrogen (secondary N) is 1. The number of hydrogen-bond donors (Lipinski definition) is 4. The fourth-order valence-electron chi connectivity index (χ4n) is 4.35. The fourth-order valence-corrected chi connectivity index (χ4v) is 4.35. The third kappa shape index (κ3) is 22.1. The predicted molar refractivity (Wildman–Crippen MR) is 153 cm³/mol. The molecule has 0 spiro atoms. The number of rotatable bonds is 26. The van der Waals surface area contributed by atoms with Crippen molar-refractivity contribution in [3.8, 4) is 0 Å². The molecule has 0 aromatic rings. The standard InChI is InChI=1S/C31H59NO4/c1-3-5-7-9-11-13-15-16-17-19-21-23-25-29(34)31(36)28(27-33)32-30(35)26-24-22-20-18-14-12-10-8-6-4-2/h11,13,17,19,28-29,31,33-34,36H,3-10,12,14-16,18,20-27H2,1-2H3,(H,32,35)/b13-11+,19-17+. The van der Waals surface area contributed by atoms with Gasteiger partial charge in [0.25, 0.3) is 0 Å². The summed E-state index contributed by atoms with van der Waals surface area (Å²) in [7, 11) is 0. The van der Waals surface area contributed by atoms with Gasteiger partial charge in [0.05, 0.1) is 18.8 Å². The smallest absolute Gasteiger partial charge is 0.220 e. The lowest BCUT2D eigenvalue weighted by molar-refractivity contribution is -0.124. The quantitative estimate of drug-likeness (QED) is 0.0737. The van der Waals surface area contributed by atoms with Crippen molar-refractivity contribution in [1.82, 2.24) is 5.32 Å². The van der Waals surface area contributed by atoms with E-state index >= 15 is 0 Å². The number of aliphatic hydroxyl groups excluding tert-OH is 3. The van der Waals surface area contributed by atoms with Crippen molar-refractivity contribution in [1.29, 1.82) is 0 Å². The van der Waals surface area contributed by atoms with Crippen LogP contribution in [0, 0.1) is 0 Å². The normalized spacial score (nSPS) is 14.5. The molecule has 0 saturated heterocycles. The Morgan fingerprint density at radius 1 is 0.667 bits per heavy atom. The number of carbonyl (C=O) groups excluding carboxylic acids is 1. The molecule has 0 heterocycles. The Labute approximate surface area is 222 Å². The number of aliphatic hydroxyl groups is 3. The highest BCUT2D eigenvalue weighted by Gasteiger charge is 2.26. The van der Waals surface area contributed by atoms with Gasteiger partial charge in [-0.15, -0.1) is 0 Å². The Morgan fingerprint density at radius 3 is 1.69 bits per heavy atom. The molecule has 0 bridgehead atoms. The number of carbonyl (C=O) groups is 1. The van der Waals surface area contributed by atoms with Gasteiger partial charge >= 0.3 is 0 Å². The minimum atomic E-state index is -1.16. The van der Waals surface area contributed by atoms with Crippen molar-refractivity contribution in [3.05, 3.63) is 24.3 Å². The molecular formula is C31H59NO4. The first-order valence-corrected chi connectivity index (χ1v) is 15.1. The Balaban J connectivity index is 3.86. The maximum absolute atomic E-state index is 12.2. The lowest BCUT2D eigenvalue weighted by atomic mass is 10.0. The maximum Gasteiger partial charge on any atom is 0.220 e. The van der Waals surface area contributed by atoms with Crippen LogP contribution in [0.2, 0.25) is 0 Å². The molecule has 0 rings (SSSR count). The molecule has 4 N–H and O–H groups in total. The first-order valence-electron chi connectivity index (χ1n) is 15.1. The first-order chi connectivity index (χ1) is 17.6. The molecule has 0 aromatic heterocycles. The fraction of sp³-hybridized carbons (Fsp3) is 0.839. The molecule has 0 aliphatic rings. The van der Waals surface area contributed by atoms with E-state index in [1.165, 1.54) is 70.6 Å². The highest BCUT2D eigenvalue weighted by Crippen LogP contribution is 2.13. The van der Waals surface area contributed by atoms with Gasteiger partial charge in [-0.1, -0.05) is 109 Å². The van der Waals surface area contributed by atoms with Crippen LogP contribution in [-0.2, 0) is 4.79 Å². The summed E-state index contributed by atoms with van der Waals surface area (Å²) in [5, 5.41) is 33.0. The molecule has 0 aromatic carbocycles. The summed E-state index contributed by atoms with van der Waals surface area (Å²) in [4.78, 5) is 12.2.